The van der Waals surface area contributed by atoms with E-state index in [-0.39, 0.29) is 22.3 Å². The lowest BCUT2D eigenvalue weighted by Crippen LogP contribution is -2.29. The molecule has 5 nitrogen and oxygen atoms in total. The summed E-state index contributed by atoms with van der Waals surface area (Å²) in [6.07, 6.45) is -3.84. The SMILES string of the molecule is CN(CCc1ccccc1)S(=O)(=O)c1ccc(Cc2ccc3oc(=O)cc(C(F)(F)F)c3c2)cc1. The average Bonchev–Trinajstić information content (AvgIpc) is 2.82. The van der Waals surface area contributed by atoms with Gasteiger partial charge in [-0.15, -0.1) is 0 Å². The summed E-state index contributed by atoms with van der Waals surface area (Å²) in [5.74, 6) is 0. The van der Waals surface area contributed by atoms with Crippen molar-refractivity contribution in [2.45, 2.75) is 23.9 Å². The zero-order valence-electron chi connectivity index (χ0n) is 18.7. The van der Waals surface area contributed by atoms with E-state index in [9.17, 15) is 26.4 Å². The van der Waals surface area contributed by atoms with Crippen LogP contribution in [-0.4, -0.2) is 26.3 Å². The van der Waals surface area contributed by atoms with E-state index in [1.807, 2.05) is 30.3 Å². The molecule has 3 aromatic carbocycles. The number of halogens is 3. The molecular formula is C26H22F3NO4S. The number of rotatable bonds is 7. The number of nitrogens with zero attached hydrogens (tertiary/aromatic N) is 1. The van der Waals surface area contributed by atoms with Gasteiger partial charge in [0.1, 0.15) is 5.58 Å². The van der Waals surface area contributed by atoms with Gasteiger partial charge in [-0.3, -0.25) is 0 Å². The Hall–Kier alpha value is -3.43. The van der Waals surface area contributed by atoms with E-state index >= 15 is 0 Å². The quantitative estimate of drug-likeness (QED) is 0.324. The van der Waals surface area contributed by atoms with Gasteiger partial charge in [0.15, 0.2) is 0 Å². The van der Waals surface area contributed by atoms with E-state index in [1.54, 1.807) is 18.2 Å². The van der Waals surface area contributed by atoms with Crippen molar-refractivity contribution in [3.8, 4) is 0 Å². The molecule has 4 aromatic rings. The molecule has 182 valence electrons. The first-order valence-corrected chi connectivity index (χ1v) is 12.2. The molecule has 0 radical (unpaired) electrons. The minimum Gasteiger partial charge on any atom is -0.423 e. The summed E-state index contributed by atoms with van der Waals surface area (Å²) in [5, 5.41) is -0.200. The van der Waals surface area contributed by atoms with Gasteiger partial charge in [-0.1, -0.05) is 48.5 Å². The molecule has 0 amide bonds. The third-order valence-electron chi connectivity index (χ3n) is 5.71. The molecule has 0 unspecified atom stereocenters. The molecular weight excluding hydrogens is 479 g/mol. The van der Waals surface area contributed by atoms with Gasteiger partial charge in [0, 0.05) is 25.0 Å². The Labute approximate surface area is 200 Å². The Balaban J connectivity index is 1.52. The Morgan fingerprint density at radius 2 is 1.51 bits per heavy atom. The number of hydrogen-bond donors (Lipinski definition) is 0. The third kappa shape index (κ3) is 5.63. The Morgan fingerprint density at radius 1 is 0.857 bits per heavy atom. The monoisotopic (exact) mass is 501 g/mol. The molecule has 0 aliphatic heterocycles. The van der Waals surface area contributed by atoms with Crippen LogP contribution < -0.4 is 5.63 Å². The van der Waals surface area contributed by atoms with Crippen molar-refractivity contribution >= 4 is 21.0 Å². The molecule has 1 heterocycles. The maximum absolute atomic E-state index is 13.4. The number of likely N-dealkylation sites (N-methyl/N-ethyl adjacent to an activating group) is 1. The Kier molecular flexibility index (Phi) is 6.82. The predicted octanol–water partition coefficient (Wildman–Crippen LogP) is 5.27. The molecule has 1 aromatic heterocycles. The summed E-state index contributed by atoms with van der Waals surface area (Å²) in [4.78, 5) is 11.6. The summed E-state index contributed by atoms with van der Waals surface area (Å²) in [6.45, 7) is 0.322. The van der Waals surface area contributed by atoms with Gasteiger partial charge >= 0.3 is 11.8 Å². The second-order valence-corrected chi connectivity index (χ2v) is 10.2. The van der Waals surface area contributed by atoms with Gasteiger partial charge in [0.2, 0.25) is 10.0 Å². The summed E-state index contributed by atoms with van der Waals surface area (Å²) < 4.78 is 72.2. The minimum atomic E-state index is -4.70. The van der Waals surface area contributed by atoms with Crippen molar-refractivity contribution in [1.82, 2.24) is 4.31 Å². The van der Waals surface area contributed by atoms with Crippen molar-refractivity contribution in [2.75, 3.05) is 13.6 Å². The third-order valence-corrected chi connectivity index (χ3v) is 7.58. The van der Waals surface area contributed by atoms with Gasteiger partial charge in [-0.2, -0.15) is 13.2 Å². The Morgan fingerprint density at radius 3 is 2.17 bits per heavy atom. The topological polar surface area (TPSA) is 67.6 Å². The maximum Gasteiger partial charge on any atom is 0.417 e. The fraction of sp³-hybridized carbons (Fsp3) is 0.192. The first-order chi connectivity index (χ1) is 16.5. The van der Waals surface area contributed by atoms with Crippen LogP contribution in [0.1, 0.15) is 22.3 Å². The standard InChI is InChI=1S/C26H22F3NO4S/c1-30(14-13-18-5-3-2-4-6-18)35(32,33)21-10-7-19(8-11-21)15-20-9-12-24-22(16-20)23(26(27,28)29)17-25(31)34-24/h2-12,16-17H,13-15H2,1H3. The lowest BCUT2D eigenvalue weighted by molar-refractivity contribution is -0.136. The fourth-order valence-electron chi connectivity index (χ4n) is 3.80. The number of benzene rings is 3. The van der Waals surface area contributed by atoms with E-state index in [2.05, 4.69) is 0 Å². The van der Waals surface area contributed by atoms with Gasteiger partial charge in [0.05, 0.1) is 10.5 Å². The Bertz CT molecular complexity index is 1500. The summed E-state index contributed by atoms with van der Waals surface area (Å²) in [5.41, 5.74) is 0.0594. The molecule has 0 fully saturated rings. The summed E-state index contributed by atoms with van der Waals surface area (Å²) in [7, 11) is -2.16. The molecule has 4 rings (SSSR count). The molecule has 0 bridgehead atoms. The van der Waals surface area contributed by atoms with E-state index in [1.165, 1.54) is 35.6 Å². The van der Waals surface area contributed by atoms with Crippen molar-refractivity contribution in [3.63, 3.8) is 0 Å². The number of alkyl halides is 3. The van der Waals surface area contributed by atoms with E-state index in [4.69, 9.17) is 4.42 Å². The molecule has 0 atom stereocenters. The molecule has 0 N–H and O–H groups in total. The zero-order valence-corrected chi connectivity index (χ0v) is 19.6. The van der Waals surface area contributed by atoms with Crippen molar-refractivity contribution in [2.24, 2.45) is 0 Å². The van der Waals surface area contributed by atoms with Gasteiger partial charge in [-0.25, -0.2) is 17.5 Å². The van der Waals surface area contributed by atoms with Crippen molar-refractivity contribution in [3.05, 3.63) is 112 Å². The van der Waals surface area contributed by atoms with Gasteiger partial charge < -0.3 is 4.42 Å². The zero-order chi connectivity index (χ0) is 25.2. The second-order valence-electron chi connectivity index (χ2n) is 8.19. The number of hydrogen-bond acceptors (Lipinski definition) is 4. The van der Waals surface area contributed by atoms with Gasteiger partial charge in [0.25, 0.3) is 0 Å². The first kappa shape index (κ1) is 24.7. The molecule has 9 heteroatoms. The highest BCUT2D eigenvalue weighted by Gasteiger charge is 2.34. The largest absolute Gasteiger partial charge is 0.423 e. The number of sulfonamides is 1. The van der Waals surface area contributed by atoms with Crippen LogP contribution in [0.3, 0.4) is 0 Å². The van der Waals surface area contributed by atoms with E-state index in [0.717, 1.165) is 11.1 Å². The minimum absolute atomic E-state index is 0.136. The van der Waals surface area contributed by atoms with Crippen LogP contribution in [0.5, 0.6) is 0 Å². The van der Waals surface area contributed by atoms with E-state index in [0.29, 0.717) is 24.6 Å². The first-order valence-electron chi connectivity index (χ1n) is 10.8. The molecule has 0 spiro atoms. The van der Waals surface area contributed by atoms with Crippen LogP contribution in [-0.2, 0) is 29.0 Å². The van der Waals surface area contributed by atoms with Crippen LogP contribution in [0, 0.1) is 0 Å². The van der Waals surface area contributed by atoms with E-state index < -0.39 is 27.4 Å². The molecule has 0 saturated carbocycles. The average molecular weight is 502 g/mol. The highest BCUT2D eigenvalue weighted by atomic mass is 32.2. The summed E-state index contributed by atoms with van der Waals surface area (Å²) in [6, 6.07) is 20.5. The molecule has 0 saturated heterocycles. The van der Waals surface area contributed by atoms with Crippen LogP contribution in [0.15, 0.2) is 93.0 Å². The highest BCUT2D eigenvalue weighted by Crippen LogP contribution is 2.34. The smallest absolute Gasteiger partial charge is 0.417 e. The molecule has 35 heavy (non-hydrogen) atoms. The fourth-order valence-corrected chi connectivity index (χ4v) is 4.97. The maximum atomic E-state index is 13.4. The lowest BCUT2D eigenvalue weighted by Gasteiger charge is -2.17. The molecule has 0 aliphatic carbocycles. The van der Waals surface area contributed by atoms with Crippen LogP contribution >= 0.6 is 0 Å². The van der Waals surface area contributed by atoms with Crippen LogP contribution in [0.25, 0.3) is 11.0 Å². The highest BCUT2D eigenvalue weighted by molar-refractivity contribution is 7.89. The van der Waals surface area contributed by atoms with Crippen molar-refractivity contribution in [1.29, 1.82) is 0 Å². The second kappa shape index (κ2) is 9.67. The van der Waals surface area contributed by atoms with Gasteiger partial charge in [-0.05, 0) is 53.8 Å². The lowest BCUT2D eigenvalue weighted by atomic mass is 10.0. The molecule has 0 aliphatic rings. The van der Waals surface area contributed by atoms with Crippen LogP contribution in [0.4, 0.5) is 13.2 Å². The summed E-state index contributed by atoms with van der Waals surface area (Å²) >= 11 is 0. The van der Waals surface area contributed by atoms with Crippen LogP contribution in [0.2, 0.25) is 0 Å². The predicted molar refractivity (Wildman–Crippen MR) is 127 cm³/mol. The van der Waals surface area contributed by atoms with Crippen molar-refractivity contribution < 1.29 is 26.0 Å². The number of fused-ring (bicyclic) bond motifs is 1. The normalized spacial score (nSPS) is 12.4.